The summed E-state index contributed by atoms with van der Waals surface area (Å²) in [6.45, 7) is 5.55. The minimum absolute atomic E-state index is 0.146. The first-order valence-corrected chi connectivity index (χ1v) is 9.13. The number of methoxy groups -OCH3 is 1. The molecule has 0 spiro atoms. The Labute approximate surface area is 165 Å². The second-order valence-electron chi connectivity index (χ2n) is 7.71. The van der Waals surface area contributed by atoms with E-state index in [0.717, 1.165) is 5.56 Å². The molecule has 1 fully saturated rings. The van der Waals surface area contributed by atoms with Gasteiger partial charge in [0.15, 0.2) is 0 Å². The monoisotopic (exact) mass is 392 g/mol. The number of hydrogen-bond donors (Lipinski definition) is 0. The summed E-state index contributed by atoms with van der Waals surface area (Å²) in [6.07, 6.45) is -0.886. The number of ether oxygens (including phenoxy) is 3. The van der Waals surface area contributed by atoms with Crippen molar-refractivity contribution in [2.24, 2.45) is 0 Å². The third-order valence-corrected chi connectivity index (χ3v) is 4.42. The van der Waals surface area contributed by atoms with Crippen molar-refractivity contribution in [2.75, 3.05) is 20.7 Å². The average Bonchev–Trinajstić information content (AvgIpc) is 3.10. The molecule has 0 unspecified atom stereocenters. The van der Waals surface area contributed by atoms with Crippen LogP contribution < -0.4 is 0 Å². The normalized spacial score (nSPS) is 19.1. The molecule has 1 saturated heterocycles. The average molecular weight is 392 g/mol. The molecule has 8 nitrogen and oxygen atoms in total. The lowest BCUT2D eigenvalue weighted by Gasteiger charge is -2.27. The van der Waals surface area contributed by atoms with Gasteiger partial charge in [-0.1, -0.05) is 30.3 Å². The third kappa shape index (κ3) is 5.61. The van der Waals surface area contributed by atoms with Gasteiger partial charge in [-0.2, -0.15) is 0 Å². The Morgan fingerprint density at radius 1 is 1.18 bits per heavy atom. The van der Waals surface area contributed by atoms with E-state index in [0.29, 0.717) is 0 Å². The largest absolute Gasteiger partial charge is 0.467 e. The van der Waals surface area contributed by atoms with E-state index in [4.69, 9.17) is 14.2 Å². The number of nitrogens with zero attached hydrogens (tertiary/aromatic N) is 2. The van der Waals surface area contributed by atoms with Crippen LogP contribution in [0.1, 0.15) is 32.8 Å². The van der Waals surface area contributed by atoms with Gasteiger partial charge in [-0.3, -0.25) is 4.90 Å². The molecule has 28 heavy (non-hydrogen) atoms. The van der Waals surface area contributed by atoms with Crippen LogP contribution in [-0.2, 0) is 25.6 Å². The Balaban J connectivity index is 2.03. The fourth-order valence-electron chi connectivity index (χ4n) is 2.95. The second kappa shape index (κ2) is 8.95. The Hall–Kier alpha value is -2.77. The van der Waals surface area contributed by atoms with E-state index < -0.39 is 29.8 Å². The molecule has 0 bridgehead atoms. The van der Waals surface area contributed by atoms with Crippen molar-refractivity contribution in [2.45, 2.75) is 51.5 Å². The van der Waals surface area contributed by atoms with Crippen molar-refractivity contribution >= 4 is 18.2 Å². The molecule has 2 rings (SSSR count). The highest BCUT2D eigenvalue weighted by Crippen LogP contribution is 2.25. The molecule has 1 heterocycles. The molecule has 1 aromatic carbocycles. The maximum atomic E-state index is 12.5. The number of amides is 2. The van der Waals surface area contributed by atoms with Gasteiger partial charge in [0.2, 0.25) is 0 Å². The number of likely N-dealkylation sites (tertiary alicyclic amines) is 1. The van der Waals surface area contributed by atoms with Crippen molar-refractivity contribution < 1.29 is 28.6 Å². The lowest BCUT2D eigenvalue weighted by molar-refractivity contribution is -0.145. The van der Waals surface area contributed by atoms with Gasteiger partial charge >= 0.3 is 18.2 Å². The van der Waals surface area contributed by atoms with E-state index in [1.807, 2.05) is 30.3 Å². The van der Waals surface area contributed by atoms with Crippen LogP contribution in [0.5, 0.6) is 0 Å². The molecule has 0 N–H and O–H groups in total. The van der Waals surface area contributed by atoms with Crippen LogP contribution in [0.3, 0.4) is 0 Å². The molecule has 2 atom stereocenters. The van der Waals surface area contributed by atoms with E-state index >= 15 is 0 Å². The van der Waals surface area contributed by atoms with Crippen LogP contribution in [-0.4, -0.2) is 66.3 Å². The number of carbonyl (C=O) groups excluding carboxylic acids is 3. The molecule has 0 aromatic heterocycles. The Morgan fingerprint density at radius 2 is 1.82 bits per heavy atom. The number of rotatable bonds is 4. The van der Waals surface area contributed by atoms with Gasteiger partial charge in [0, 0.05) is 20.0 Å². The minimum Gasteiger partial charge on any atom is -0.467 e. The van der Waals surface area contributed by atoms with Gasteiger partial charge in [-0.25, -0.2) is 14.4 Å². The van der Waals surface area contributed by atoms with Gasteiger partial charge in [-0.15, -0.1) is 0 Å². The molecule has 0 radical (unpaired) electrons. The fraction of sp³-hybridized carbons (Fsp3) is 0.550. The first kappa shape index (κ1) is 21.5. The molecular formula is C20H28N2O6. The molecule has 0 aliphatic carbocycles. The summed E-state index contributed by atoms with van der Waals surface area (Å²) in [5.41, 5.74) is 0.176. The predicted molar refractivity (Wildman–Crippen MR) is 102 cm³/mol. The van der Waals surface area contributed by atoms with Gasteiger partial charge in [0.05, 0.1) is 13.2 Å². The minimum atomic E-state index is -0.811. The molecule has 2 amide bonds. The molecule has 8 heteroatoms. The van der Waals surface area contributed by atoms with E-state index in [9.17, 15) is 14.4 Å². The smallest absolute Gasteiger partial charge is 0.411 e. The summed E-state index contributed by atoms with van der Waals surface area (Å²) in [5.74, 6) is -0.542. The number of benzene rings is 1. The predicted octanol–water partition coefficient (Wildman–Crippen LogP) is 2.81. The first-order valence-electron chi connectivity index (χ1n) is 9.13. The second-order valence-corrected chi connectivity index (χ2v) is 7.71. The summed E-state index contributed by atoms with van der Waals surface area (Å²) in [5, 5.41) is 0. The van der Waals surface area contributed by atoms with Crippen molar-refractivity contribution in [3.8, 4) is 0 Å². The van der Waals surface area contributed by atoms with Gasteiger partial charge in [0.25, 0.3) is 0 Å². The van der Waals surface area contributed by atoms with E-state index in [-0.39, 0.29) is 25.6 Å². The van der Waals surface area contributed by atoms with E-state index in [1.165, 1.54) is 16.9 Å². The van der Waals surface area contributed by atoms with Crippen molar-refractivity contribution in [3.63, 3.8) is 0 Å². The van der Waals surface area contributed by atoms with Gasteiger partial charge in [-0.05, 0) is 26.3 Å². The van der Waals surface area contributed by atoms with Crippen molar-refractivity contribution in [3.05, 3.63) is 35.9 Å². The summed E-state index contributed by atoms with van der Waals surface area (Å²) in [4.78, 5) is 39.8. The molecule has 1 aliphatic heterocycles. The lowest BCUT2D eigenvalue weighted by Crippen LogP contribution is -2.44. The quantitative estimate of drug-likeness (QED) is 0.579. The topological polar surface area (TPSA) is 85.4 Å². The van der Waals surface area contributed by atoms with Gasteiger partial charge < -0.3 is 19.1 Å². The molecular weight excluding hydrogens is 364 g/mol. The maximum absolute atomic E-state index is 12.5. The van der Waals surface area contributed by atoms with Gasteiger partial charge in [0.1, 0.15) is 18.2 Å². The summed E-state index contributed by atoms with van der Waals surface area (Å²) in [7, 11) is 2.85. The number of likely N-dealkylation sites (N-methyl/N-ethyl adjacent to an activating group) is 1. The number of esters is 1. The molecule has 1 aromatic rings. The Kier molecular flexibility index (Phi) is 6.88. The van der Waals surface area contributed by atoms with Crippen LogP contribution in [0.15, 0.2) is 30.3 Å². The Bertz CT molecular complexity index is 700. The maximum Gasteiger partial charge on any atom is 0.411 e. The standard InChI is InChI=1S/C20H28N2O6/c1-20(2,3)28-19(25)22-12-15(11-16(22)17(23)26-5)21(4)18(24)27-13-14-9-7-6-8-10-14/h6-10,15-16H,11-13H2,1-5H3/t15-,16-/m0/s1. The van der Waals surface area contributed by atoms with Crippen LogP contribution in [0.2, 0.25) is 0 Å². The Morgan fingerprint density at radius 3 is 2.39 bits per heavy atom. The number of carbonyl (C=O) groups is 3. The highest BCUT2D eigenvalue weighted by molar-refractivity contribution is 5.82. The van der Waals surface area contributed by atoms with Crippen molar-refractivity contribution in [1.29, 1.82) is 0 Å². The zero-order chi connectivity index (χ0) is 20.9. The molecule has 1 aliphatic rings. The first-order chi connectivity index (χ1) is 13.1. The zero-order valence-electron chi connectivity index (χ0n) is 17.0. The van der Waals surface area contributed by atoms with Crippen LogP contribution in [0.25, 0.3) is 0 Å². The highest BCUT2D eigenvalue weighted by Gasteiger charge is 2.44. The van der Waals surface area contributed by atoms with Crippen LogP contribution in [0, 0.1) is 0 Å². The number of hydrogen-bond acceptors (Lipinski definition) is 6. The van der Waals surface area contributed by atoms with Crippen molar-refractivity contribution in [1.82, 2.24) is 9.80 Å². The van der Waals surface area contributed by atoms with Crippen LogP contribution >= 0.6 is 0 Å². The SMILES string of the molecule is COC(=O)[C@@H]1C[C@H](N(C)C(=O)OCc2ccccc2)CN1C(=O)OC(C)(C)C. The summed E-state index contributed by atoms with van der Waals surface area (Å²) < 4.78 is 15.5. The third-order valence-electron chi connectivity index (χ3n) is 4.42. The summed E-state index contributed by atoms with van der Waals surface area (Å²) in [6, 6.07) is 8.14. The lowest BCUT2D eigenvalue weighted by atomic mass is 10.1. The summed E-state index contributed by atoms with van der Waals surface area (Å²) >= 11 is 0. The highest BCUT2D eigenvalue weighted by atomic mass is 16.6. The molecule has 0 saturated carbocycles. The fourth-order valence-corrected chi connectivity index (χ4v) is 2.95. The molecule has 154 valence electrons. The van der Waals surface area contributed by atoms with Crippen LogP contribution in [0.4, 0.5) is 9.59 Å². The zero-order valence-corrected chi connectivity index (χ0v) is 17.0. The van der Waals surface area contributed by atoms with E-state index in [1.54, 1.807) is 27.8 Å². The van der Waals surface area contributed by atoms with E-state index in [2.05, 4.69) is 0 Å².